The number of nitrogens with one attached hydrogen (secondary N) is 1. The van der Waals surface area contributed by atoms with E-state index < -0.39 is 17.8 Å². The van der Waals surface area contributed by atoms with Crippen LogP contribution < -0.4 is 10.9 Å². The number of unbranched alkanes of at least 4 members (excludes halogenated alkanes) is 1. The lowest BCUT2D eigenvalue weighted by molar-refractivity contribution is -0.137. The molecule has 0 saturated carbocycles. The molecule has 0 bridgehead atoms. The van der Waals surface area contributed by atoms with Crippen molar-refractivity contribution in [1.82, 2.24) is 14.7 Å². The van der Waals surface area contributed by atoms with Crippen LogP contribution in [0.4, 0.5) is 23.7 Å². The van der Waals surface area contributed by atoms with Gasteiger partial charge in [-0.1, -0.05) is 42.5 Å². The molecule has 0 radical (unpaired) electrons. The van der Waals surface area contributed by atoms with Gasteiger partial charge in [-0.15, -0.1) is 0 Å². The van der Waals surface area contributed by atoms with Crippen LogP contribution in [0.15, 0.2) is 77.6 Å². The van der Waals surface area contributed by atoms with Crippen molar-refractivity contribution in [2.24, 2.45) is 0 Å². The van der Waals surface area contributed by atoms with Gasteiger partial charge >= 0.3 is 12.3 Å². The molecule has 10 heteroatoms. The summed E-state index contributed by atoms with van der Waals surface area (Å²) in [6.45, 7) is 1.39. The Labute approximate surface area is 223 Å². The van der Waals surface area contributed by atoms with Crippen LogP contribution in [0.1, 0.15) is 24.0 Å². The Bertz CT molecular complexity index is 1480. The Morgan fingerprint density at radius 2 is 1.62 bits per heavy atom. The van der Waals surface area contributed by atoms with Crippen LogP contribution in [0.25, 0.3) is 22.0 Å². The van der Waals surface area contributed by atoms with Gasteiger partial charge in [0.25, 0.3) is 5.56 Å². The predicted octanol–water partition coefficient (Wildman–Crippen LogP) is 6.02. The van der Waals surface area contributed by atoms with Gasteiger partial charge in [0.05, 0.1) is 29.8 Å². The van der Waals surface area contributed by atoms with Crippen molar-refractivity contribution in [3.05, 3.63) is 94.3 Å². The number of rotatable bonds is 9. The van der Waals surface area contributed by atoms with Crippen molar-refractivity contribution in [2.75, 3.05) is 32.6 Å². The van der Waals surface area contributed by atoms with E-state index in [9.17, 15) is 22.8 Å². The Kier molecular flexibility index (Phi) is 8.65. The Hall–Kier alpha value is -4.18. The molecule has 1 amide bonds. The molecule has 0 fully saturated rings. The van der Waals surface area contributed by atoms with E-state index in [0.717, 1.165) is 37.1 Å². The molecule has 3 aromatic carbocycles. The van der Waals surface area contributed by atoms with E-state index in [0.29, 0.717) is 34.3 Å². The molecular formula is C29H29F3N4O3. The second-order valence-corrected chi connectivity index (χ2v) is 9.40. The van der Waals surface area contributed by atoms with E-state index in [1.807, 2.05) is 14.1 Å². The number of hydrogen-bond acceptors (Lipinski definition) is 5. The lowest BCUT2D eigenvalue weighted by Gasteiger charge is -2.13. The number of anilines is 1. The quantitative estimate of drug-likeness (QED) is 0.264. The van der Waals surface area contributed by atoms with Crippen molar-refractivity contribution in [2.45, 2.75) is 25.6 Å². The fourth-order valence-electron chi connectivity index (χ4n) is 4.09. The van der Waals surface area contributed by atoms with Crippen LogP contribution in [-0.2, 0) is 17.5 Å². The number of amides is 1. The third kappa shape index (κ3) is 7.23. The van der Waals surface area contributed by atoms with E-state index in [2.05, 4.69) is 15.3 Å². The number of aromatic nitrogens is 2. The molecular weight excluding hydrogens is 509 g/mol. The average Bonchev–Trinajstić information content (AvgIpc) is 2.90. The predicted molar refractivity (Wildman–Crippen MR) is 145 cm³/mol. The van der Waals surface area contributed by atoms with Crippen LogP contribution in [0.3, 0.4) is 0 Å². The summed E-state index contributed by atoms with van der Waals surface area (Å²) >= 11 is 0. The van der Waals surface area contributed by atoms with Crippen molar-refractivity contribution >= 4 is 22.6 Å². The lowest BCUT2D eigenvalue weighted by atomic mass is 10.0. The number of halogens is 3. The van der Waals surface area contributed by atoms with Gasteiger partial charge < -0.3 is 9.64 Å². The van der Waals surface area contributed by atoms with E-state index in [4.69, 9.17) is 4.74 Å². The first-order chi connectivity index (χ1) is 18.6. The van der Waals surface area contributed by atoms with Crippen LogP contribution in [0.5, 0.6) is 0 Å². The minimum atomic E-state index is -4.45. The van der Waals surface area contributed by atoms with Gasteiger partial charge in [-0.2, -0.15) is 18.3 Å². The fraction of sp³-hybridized carbons (Fsp3) is 0.276. The van der Waals surface area contributed by atoms with Crippen LogP contribution >= 0.6 is 0 Å². The molecule has 1 heterocycles. The molecule has 0 aliphatic rings. The van der Waals surface area contributed by atoms with Gasteiger partial charge in [0.2, 0.25) is 0 Å². The molecule has 0 aliphatic carbocycles. The highest BCUT2D eigenvalue weighted by Crippen LogP contribution is 2.32. The number of benzene rings is 3. The van der Waals surface area contributed by atoms with E-state index in [1.165, 1.54) is 16.8 Å². The fourth-order valence-corrected chi connectivity index (χ4v) is 4.09. The largest absolute Gasteiger partial charge is 0.449 e. The van der Waals surface area contributed by atoms with Gasteiger partial charge in [0, 0.05) is 16.6 Å². The Balaban J connectivity index is 1.50. The molecule has 204 valence electrons. The van der Waals surface area contributed by atoms with Crippen LogP contribution in [0.2, 0.25) is 0 Å². The maximum Gasteiger partial charge on any atom is 0.416 e. The summed E-state index contributed by atoms with van der Waals surface area (Å²) in [6.07, 6.45) is -3.29. The summed E-state index contributed by atoms with van der Waals surface area (Å²) in [4.78, 5) is 27.3. The van der Waals surface area contributed by atoms with Gasteiger partial charge in [-0.25, -0.2) is 9.48 Å². The number of ether oxygens (including phenoxy) is 1. The van der Waals surface area contributed by atoms with Crippen LogP contribution in [0, 0.1) is 0 Å². The summed E-state index contributed by atoms with van der Waals surface area (Å²) in [6, 6.07) is 18.5. The van der Waals surface area contributed by atoms with Crippen molar-refractivity contribution in [1.29, 1.82) is 0 Å². The van der Waals surface area contributed by atoms with Gasteiger partial charge in [-0.3, -0.25) is 10.1 Å². The van der Waals surface area contributed by atoms with Gasteiger partial charge in [-0.05, 0) is 69.4 Å². The maximum atomic E-state index is 13.2. The van der Waals surface area contributed by atoms with E-state index >= 15 is 0 Å². The van der Waals surface area contributed by atoms with Crippen molar-refractivity contribution in [3.63, 3.8) is 0 Å². The summed E-state index contributed by atoms with van der Waals surface area (Å²) in [7, 11) is 3.98. The van der Waals surface area contributed by atoms with Crippen LogP contribution in [-0.4, -0.2) is 48.0 Å². The highest BCUT2D eigenvalue weighted by atomic mass is 19.4. The number of hydrogen-bond donors (Lipinski definition) is 1. The molecule has 0 aliphatic heterocycles. The number of fused-ring (bicyclic) bond motifs is 1. The van der Waals surface area contributed by atoms with Crippen molar-refractivity contribution < 1.29 is 22.7 Å². The first kappa shape index (κ1) is 27.8. The summed E-state index contributed by atoms with van der Waals surface area (Å²) in [5.41, 5.74) is 1.09. The number of nitrogens with zero attached hydrogens (tertiary/aromatic N) is 3. The summed E-state index contributed by atoms with van der Waals surface area (Å²) < 4.78 is 45.6. The normalized spacial score (nSPS) is 11.6. The molecule has 39 heavy (non-hydrogen) atoms. The Morgan fingerprint density at radius 3 is 2.26 bits per heavy atom. The molecule has 0 spiro atoms. The first-order valence-electron chi connectivity index (χ1n) is 12.5. The highest BCUT2D eigenvalue weighted by molar-refractivity contribution is 5.93. The number of carbonyl (C=O) groups is 1. The third-order valence-corrected chi connectivity index (χ3v) is 6.12. The zero-order valence-corrected chi connectivity index (χ0v) is 21.7. The first-order valence-corrected chi connectivity index (χ1v) is 12.5. The topological polar surface area (TPSA) is 76.5 Å². The van der Waals surface area contributed by atoms with Gasteiger partial charge in [0.15, 0.2) is 0 Å². The van der Waals surface area contributed by atoms with E-state index in [1.54, 1.807) is 48.5 Å². The lowest BCUT2D eigenvalue weighted by Crippen LogP contribution is -2.24. The molecule has 0 atom stereocenters. The minimum absolute atomic E-state index is 0.133. The van der Waals surface area contributed by atoms with E-state index in [-0.39, 0.29) is 12.1 Å². The van der Waals surface area contributed by atoms with Gasteiger partial charge in [0.1, 0.15) is 0 Å². The third-order valence-electron chi connectivity index (χ3n) is 6.12. The smallest absolute Gasteiger partial charge is 0.416 e. The monoisotopic (exact) mass is 538 g/mol. The average molecular weight is 539 g/mol. The molecule has 1 aromatic heterocycles. The number of alkyl halides is 3. The number of carbonyl (C=O) groups excluding carboxylic acids is 1. The molecule has 4 rings (SSSR count). The Morgan fingerprint density at radius 1 is 0.949 bits per heavy atom. The molecule has 0 unspecified atom stereocenters. The molecule has 7 nitrogen and oxygen atoms in total. The summed E-state index contributed by atoms with van der Waals surface area (Å²) in [5, 5.41) is 8.16. The second-order valence-electron chi connectivity index (χ2n) is 9.40. The molecule has 4 aromatic rings. The summed E-state index contributed by atoms with van der Waals surface area (Å²) in [5.74, 6) is 0. The highest BCUT2D eigenvalue weighted by Gasteiger charge is 2.30. The minimum Gasteiger partial charge on any atom is -0.449 e. The molecule has 1 N–H and O–H groups in total. The zero-order valence-electron chi connectivity index (χ0n) is 21.7. The standard InChI is InChI=1S/C29H29F3N4O3/c1-35(2)17-5-6-18-39-28(38)33-23-15-9-20(10-16-23)19-36-27(37)25-8-4-3-7-24(25)26(34-36)21-11-13-22(14-12-21)29(30,31)32/h3-4,7-16H,5-6,17-19H2,1-2H3,(H,33,38). The molecule has 0 saturated heterocycles. The maximum absolute atomic E-state index is 13.2. The zero-order chi connectivity index (χ0) is 28.0. The second kappa shape index (κ2) is 12.1. The SMILES string of the molecule is CN(C)CCCCOC(=O)Nc1ccc(Cn2nc(-c3ccc(C(F)(F)F)cc3)c3ccccc3c2=O)cc1. The van der Waals surface area contributed by atoms with Crippen molar-refractivity contribution in [3.8, 4) is 11.3 Å².